The summed E-state index contributed by atoms with van der Waals surface area (Å²) >= 11 is 0. The molecule has 0 spiro atoms. The Morgan fingerprint density at radius 1 is 1.36 bits per heavy atom. The Morgan fingerprint density at radius 2 is 2.07 bits per heavy atom. The van der Waals surface area contributed by atoms with E-state index in [4.69, 9.17) is 0 Å². The quantitative estimate of drug-likeness (QED) is 0.535. The van der Waals surface area contributed by atoms with Crippen LogP contribution in [0.1, 0.15) is 33.1 Å². The van der Waals surface area contributed by atoms with Gasteiger partial charge >= 0.3 is 6.03 Å². The fourth-order valence-electron chi connectivity index (χ4n) is 1.50. The Labute approximate surface area is 84.7 Å². The number of hydrogen-bond donors (Lipinski definition) is 1. The SMILES string of the molecule is CC(C)CCCCN1C(=O)CNC1=O. The number of carbonyl (C=O) groups is 2. The fourth-order valence-corrected chi connectivity index (χ4v) is 1.50. The first-order chi connectivity index (χ1) is 6.61. The van der Waals surface area contributed by atoms with E-state index in [1.807, 2.05) is 0 Å². The van der Waals surface area contributed by atoms with E-state index >= 15 is 0 Å². The normalized spacial score (nSPS) is 16.6. The van der Waals surface area contributed by atoms with Gasteiger partial charge in [0.25, 0.3) is 0 Å². The van der Waals surface area contributed by atoms with Gasteiger partial charge in [0.05, 0.1) is 6.54 Å². The lowest BCUT2D eigenvalue weighted by atomic mass is 10.1. The Balaban J connectivity index is 2.17. The lowest BCUT2D eigenvalue weighted by Crippen LogP contribution is -2.31. The van der Waals surface area contributed by atoms with Gasteiger partial charge in [0.15, 0.2) is 0 Å². The molecular weight excluding hydrogens is 180 g/mol. The van der Waals surface area contributed by atoms with Crippen molar-refractivity contribution in [1.82, 2.24) is 10.2 Å². The first kappa shape index (κ1) is 11.0. The van der Waals surface area contributed by atoms with E-state index in [-0.39, 0.29) is 18.5 Å². The van der Waals surface area contributed by atoms with Crippen LogP contribution < -0.4 is 5.32 Å². The van der Waals surface area contributed by atoms with Gasteiger partial charge in [0.1, 0.15) is 0 Å². The van der Waals surface area contributed by atoms with Gasteiger partial charge in [0, 0.05) is 6.54 Å². The summed E-state index contributed by atoms with van der Waals surface area (Å²) < 4.78 is 0. The Kier molecular flexibility index (Phi) is 3.92. The van der Waals surface area contributed by atoms with Gasteiger partial charge in [0.2, 0.25) is 5.91 Å². The maximum absolute atomic E-state index is 11.2. The number of nitrogens with one attached hydrogen (secondary N) is 1. The summed E-state index contributed by atoms with van der Waals surface area (Å²) in [6.07, 6.45) is 3.15. The third kappa shape index (κ3) is 3.01. The average molecular weight is 198 g/mol. The van der Waals surface area contributed by atoms with Gasteiger partial charge in [-0.2, -0.15) is 0 Å². The zero-order valence-electron chi connectivity index (χ0n) is 8.88. The summed E-state index contributed by atoms with van der Waals surface area (Å²) in [7, 11) is 0. The van der Waals surface area contributed by atoms with Crippen LogP contribution in [0.5, 0.6) is 0 Å². The second kappa shape index (κ2) is 4.98. The maximum atomic E-state index is 11.2. The Hall–Kier alpha value is -1.06. The third-order valence-electron chi connectivity index (χ3n) is 2.35. The highest BCUT2D eigenvalue weighted by atomic mass is 16.2. The molecule has 80 valence electrons. The smallest absolute Gasteiger partial charge is 0.324 e. The first-order valence-corrected chi connectivity index (χ1v) is 5.19. The van der Waals surface area contributed by atoms with E-state index in [0.717, 1.165) is 19.3 Å². The minimum absolute atomic E-state index is 0.0976. The number of amides is 3. The third-order valence-corrected chi connectivity index (χ3v) is 2.35. The van der Waals surface area contributed by atoms with Gasteiger partial charge < -0.3 is 5.32 Å². The molecule has 14 heavy (non-hydrogen) atoms. The van der Waals surface area contributed by atoms with Crippen molar-refractivity contribution in [2.45, 2.75) is 33.1 Å². The van der Waals surface area contributed by atoms with E-state index in [2.05, 4.69) is 19.2 Å². The monoisotopic (exact) mass is 198 g/mol. The summed E-state index contributed by atoms with van der Waals surface area (Å²) in [5.74, 6) is 0.595. The lowest BCUT2D eigenvalue weighted by molar-refractivity contribution is -0.125. The van der Waals surface area contributed by atoms with Crippen LogP contribution in [-0.2, 0) is 4.79 Å². The molecule has 4 heteroatoms. The molecule has 0 aliphatic carbocycles. The van der Waals surface area contributed by atoms with Gasteiger partial charge in [-0.15, -0.1) is 0 Å². The van der Waals surface area contributed by atoms with Crippen molar-refractivity contribution in [2.24, 2.45) is 5.92 Å². The summed E-state index contributed by atoms with van der Waals surface area (Å²) in [4.78, 5) is 23.6. The summed E-state index contributed by atoms with van der Waals surface area (Å²) in [6.45, 7) is 5.09. The molecule has 0 unspecified atom stereocenters. The predicted molar refractivity (Wildman–Crippen MR) is 53.8 cm³/mol. The van der Waals surface area contributed by atoms with E-state index in [1.165, 1.54) is 4.90 Å². The second-order valence-electron chi connectivity index (χ2n) is 4.09. The molecule has 1 aliphatic rings. The minimum atomic E-state index is -0.237. The number of hydrogen-bond acceptors (Lipinski definition) is 2. The highest BCUT2D eigenvalue weighted by Crippen LogP contribution is 2.08. The molecule has 0 aromatic heterocycles. The summed E-state index contributed by atoms with van der Waals surface area (Å²) in [6, 6.07) is -0.237. The molecule has 1 heterocycles. The molecule has 4 nitrogen and oxygen atoms in total. The highest BCUT2D eigenvalue weighted by Gasteiger charge is 2.27. The standard InChI is InChI=1S/C10H18N2O2/c1-8(2)5-3-4-6-12-9(13)7-11-10(12)14/h8H,3-7H2,1-2H3,(H,11,14). The molecule has 1 N–H and O–H groups in total. The number of carbonyl (C=O) groups excluding carboxylic acids is 2. The van der Waals surface area contributed by atoms with Gasteiger partial charge in [-0.05, 0) is 12.3 Å². The summed E-state index contributed by atoms with van der Waals surface area (Å²) in [5, 5.41) is 2.51. The average Bonchev–Trinajstić information content (AvgIpc) is 2.42. The van der Waals surface area contributed by atoms with Crippen LogP contribution in [0.3, 0.4) is 0 Å². The van der Waals surface area contributed by atoms with Crippen LogP contribution >= 0.6 is 0 Å². The number of urea groups is 1. The van der Waals surface area contributed by atoms with Crippen LogP contribution in [0.15, 0.2) is 0 Å². The van der Waals surface area contributed by atoms with Crippen LogP contribution in [-0.4, -0.2) is 29.9 Å². The second-order valence-corrected chi connectivity index (χ2v) is 4.09. The van der Waals surface area contributed by atoms with E-state index in [1.54, 1.807) is 0 Å². The van der Waals surface area contributed by atoms with E-state index in [0.29, 0.717) is 12.5 Å². The van der Waals surface area contributed by atoms with Gasteiger partial charge in [-0.1, -0.05) is 26.7 Å². The number of rotatable bonds is 5. The van der Waals surface area contributed by atoms with Crippen LogP contribution in [0, 0.1) is 5.92 Å². The minimum Gasteiger partial charge on any atom is -0.329 e. The molecule has 3 amide bonds. The van der Waals surface area contributed by atoms with Crippen molar-refractivity contribution in [1.29, 1.82) is 0 Å². The van der Waals surface area contributed by atoms with Crippen molar-refractivity contribution in [3.63, 3.8) is 0 Å². The number of nitrogens with zero attached hydrogens (tertiary/aromatic N) is 1. The largest absolute Gasteiger partial charge is 0.329 e. The first-order valence-electron chi connectivity index (χ1n) is 5.19. The number of unbranched alkanes of at least 4 members (excludes halogenated alkanes) is 1. The van der Waals surface area contributed by atoms with Crippen molar-refractivity contribution in [3.05, 3.63) is 0 Å². The van der Waals surface area contributed by atoms with E-state index in [9.17, 15) is 9.59 Å². The van der Waals surface area contributed by atoms with Crippen molar-refractivity contribution >= 4 is 11.9 Å². The molecule has 0 aromatic carbocycles. The molecule has 0 bridgehead atoms. The molecule has 0 atom stereocenters. The highest BCUT2D eigenvalue weighted by molar-refractivity contribution is 6.01. The molecular formula is C10H18N2O2. The molecule has 1 fully saturated rings. The Bertz CT molecular complexity index is 210. The topological polar surface area (TPSA) is 49.4 Å². The van der Waals surface area contributed by atoms with Crippen molar-refractivity contribution < 1.29 is 9.59 Å². The van der Waals surface area contributed by atoms with Crippen LogP contribution in [0.2, 0.25) is 0 Å². The fraction of sp³-hybridized carbons (Fsp3) is 0.800. The zero-order chi connectivity index (χ0) is 10.6. The molecule has 1 aliphatic heterocycles. The van der Waals surface area contributed by atoms with Gasteiger partial charge in [-0.25, -0.2) is 4.79 Å². The zero-order valence-corrected chi connectivity index (χ0v) is 8.88. The molecule has 1 saturated heterocycles. The van der Waals surface area contributed by atoms with Crippen molar-refractivity contribution in [3.8, 4) is 0 Å². The molecule has 0 saturated carbocycles. The predicted octanol–water partition coefficient (Wildman–Crippen LogP) is 1.36. The van der Waals surface area contributed by atoms with Crippen LogP contribution in [0.25, 0.3) is 0 Å². The Morgan fingerprint density at radius 3 is 2.57 bits per heavy atom. The summed E-state index contributed by atoms with van der Waals surface area (Å²) in [5.41, 5.74) is 0. The molecule has 0 radical (unpaired) electrons. The van der Waals surface area contributed by atoms with Crippen molar-refractivity contribution in [2.75, 3.05) is 13.1 Å². The molecule has 0 aromatic rings. The van der Waals surface area contributed by atoms with Crippen LogP contribution in [0.4, 0.5) is 4.79 Å². The lowest BCUT2D eigenvalue weighted by Gasteiger charge is -2.12. The number of imide groups is 1. The van der Waals surface area contributed by atoms with Gasteiger partial charge in [-0.3, -0.25) is 9.69 Å². The van der Waals surface area contributed by atoms with E-state index < -0.39 is 0 Å². The maximum Gasteiger partial charge on any atom is 0.324 e. The molecule has 1 rings (SSSR count).